The van der Waals surface area contributed by atoms with Crippen LogP contribution in [0, 0.1) is 5.41 Å². The molecular weight excluding hydrogens is 208 g/mol. The molecule has 0 aromatic heterocycles. The Hall–Kier alpha value is -1.02. The topological polar surface area (TPSA) is 29.3 Å². The molecule has 0 aliphatic heterocycles. The van der Waals surface area contributed by atoms with Gasteiger partial charge in [0.2, 0.25) is 0 Å². The van der Waals surface area contributed by atoms with Gasteiger partial charge in [-0.3, -0.25) is 0 Å². The van der Waals surface area contributed by atoms with Gasteiger partial charge < -0.3 is 10.6 Å². The van der Waals surface area contributed by atoms with E-state index in [0.29, 0.717) is 5.41 Å². The highest BCUT2D eigenvalue weighted by atomic mass is 15.1. The van der Waals surface area contributed by atoms with E-state index < -0.39 is 0 Å². The van der Waals surface area contributed by atoms with E-state index in [1.807, 2.05) is 0 Å². The fourth-order valence-electron chi connectivity index (χ4n) is 1.76. The molecule has 0 atom stereocenters. The SMILES string of the molecule is CC(C)(C)CCN(CCCN)c1ccccc1. The monoisotopic (exact) mass is 234 g/mol. The Morgan fingerprint density at radius 3 is 2.24 bits per heavy atom. The van der Waals surface area contributed by atoms with Gasteiger partial charge in [-0.25, -0.2) is 0 Å². The van der Waals surface area contributed by atoms with E-state index in [1.54, 1.807) is 0 Å². The van der Waals surface area contributed by atoms with Crippen LogP contribution in [0.25, 0.3) is 0 Å². The van der Waals surface area contributed by atoms with Gasteiger partial charge in [0.15, 0.2) is 0 Å². The van der Waals surface area contributed by atoms with Crippen LogP contribution in [0.2, 0.25) is 0 Å². The summed E-state index contributed by atoms with van der Waals surface area (Å²) in [5, 5.41) is 0. The molecule has 96 valence electrons. The first kappa shape index (κ1) is 14.0. The van der Waals surface area contributed by atoms with Crippen LogP contribution in [0.1, 0.15) is 33.6 Å². The third-order valence-electron chi connectivity index (χ3n) is 2.89. The molecule has 1 rings (SSSR count). The van der Waals surface area contributed by atoms with Crippen molar-refractivity contribution in [2.45, 2.75) is 33.6 Å². The second-order valence-corrected chi connectivity index (χ2v) is 5.78. The van der Waals surface area contributed by atoms with Crippen LogP contribution in [0.5, 0.6) is 0 Å². The average molecular weight is 234 g/mol. The van der Waals surface area contributed by atoms with Crippen molar-refractivity contribution in [2.75, 3.05) is 24.5 Å². The molecule has 0 heterocycles. The molecular formula is C15H26N2. The number of rotatable bonds is 6. The van der Waals surface area contributed by atoms with E-state index in [1.165, 1.54) is 12.1 Å². The van der Waals surface area contributed by atoms with Crippen molar-refractivity contribution in [1.82, 2.24) is 0 Å². The predicted octanol–water partition coefficient (Wildman–Crippen LogP) is 3.28. The van der Waals surface area contributed by atoms with Gasteiger partial charge in [-0.05, 0) is 36.9 Å². The van der Waals surface area contributed by atoms with Gasteiger partial charge in [0.05, 0.1) is 0 Å². The van der Waals surface area contributed by atoms with Gasteiger partial charge >= 0.3 is 0 Å². The Balaban J connectivity index is 2.61. The van der Waals surface area contributed by atoms with Crippen LogP contribution in [0.15, 0.2) is 30.3 Å². The molecule has 1 aromatic carbocycles. The maximum atomic E-state index is 5.61. The lowest BCUT2D eigenvalue weighted by atomic mass is 9.92. The van der Waals surface area contributed by atoms with Crippen molar-refractivity contribution >= 4 is 5.69 Å². The van der Waals surface area contributed by atoms with Gasteiger partial charge in [-0.1, -0.05) is 39.0 Å². The first-order valence-electron chi connectivity index (χ1n) is 6.53. The average Bonchev–Trinajstić information content (AvgIpc) is 2.29. The van der Waals surface area contributed by atoms with Crippen molar-refractivity contribution < 1.29 is 0 Å². The molecule has 2 N–H and O–H groups in total. The Morgan fingerprint density at radius 2 is 1.71 bits per heavy atom. The standard InChI is InChI=1S/C15H26N2/c1-15(2,3)10-13-17(12-7-11-16)14-8-5-4-6-9-14/h4-6,8-9H,7,10-13,16H2,1-3H3. The van der Waals surface area contributed by atoms with Gasteiger partial charge in [-0.15, -0.1) is 0 Å². The van der Waals surface area contributed by atoms with Gasteiger partial charge in [-0.2, -0.15) is 0 Å². The molecule has 0 aliphatic carbocycles. The maximum absolute atomic E-state index is 5.61. The molecule has 0 saturated carbocycles. The van der Waals surface area contributed by atoms with Crippen LogP contribution in [-0.4, -0.2) is 19.6 Å². The van der Waals surface area contributed by atoms with Gasteiger partial charge in [0, 0.05) is 18.8 Å². The first-order chi connectivity index (χ1) is 8.03. The molecule has 0 spiro atoms. The number of nitrogens with two attached hydrogens (primary N) is 1. The molecule has 0 amide bonds. The second kappa shape index (κ2) is 6.65. The zero-order valence-electron chi connectivity index (χ0n) is 11.4. The highest BCUT2D eigenvalue weighted by molar-refractivity contribution is 5.45. The zero-order chi connectivity index (χ0) is 12.7. The zero-order valence-corrected chi connectivity index (χ0v) is 11.4. The molecule has 2 nitrogen and oxygen atoms in total. The molecule has 1 aromatic rings. The predicted molar refractivity (Wildman–Crippen MR) is 76.4 cm³/mol. The molecule has 0 bridgehead atoms. The Labute approximate surface area is 106 Å². The third-order valence-corrected chi connectivity index (χ3v) is 2.89. The minimum Gasteiger partial charge on any atom is -0.371 e. The van der Waals surface area contributed by atoms with E-state index in [4.69, 9.17) is 5.73 Å². The molecule has 0 fully saturated rings. The summed E-state index contributed by atoms with van der Waals surface area (Å²) in [7, 11) is 0. The number of benzene rings is 1. The number of anilines is 1. The number of hydrogen-bond donors (Lipinski definition) is 1. The Bertz CT molecular complexity index is 300. The number of nitrogens with zero attached hydrogens (tertiary/aromatic N) is 1. The first-order valence-corrected chi connectivity index (χ1v) is 6.53. The molecule has 0 unspecified atom stereocenters. The van der Waals surface area contributed by atoms with Crippen molar-refractivity contribution in [2.24, 2.45) is 11.1 Å². The molecule has 0 radical (unpaired) electrons. The Morgan fingerprint density at radius 1 is 1.06 bits per heavy atom. The summed E-state index contributed by atoms with van der Waals surface area (Å²) in [6.07, 6.45) is 2.26. The van der Waals surface area contributed by atoms with E-state index in [2.05, 4.69) is 56.0 Å². The van der Waals surface area contributed by atoms with Crippen molar-refractivity contribution in [3.63, 3.8) is 0 Å². The van der Waals surface area contributed by atoms with Crippen LogP contribution in [0.3, 0.4) is 0 Å². The fourth-order valence-corrected chi connectivity index (χ4v) is 1.76. The van der Waals surface area contributed by atoms with Crippen molar-refractivity contribution in [1.29, 1.82) is 0 Å². The van der Waals surface area contributed by atoms with E-state index >= 15 is 0 Å². The van der Waals surface area contributed by atoms with Crippen molar-refractivity contribution in [3.05, 3.63) is 30.3 Å². The summed E-state index contributed by atoms with van der Waals surface area (Å²) < 4.78 is 0. The highest BCUT2D eigenvalue weighted by Crippen LogP contribution is 2.21. The summed E-state index contributed by atoms with van der Waals surface area (Å²) in [5.41, 5.74) is 7.31. The summed E-state index contributed by atoms with van der Waals surface area (Å²) in [6.45, 7) is 9.79. The van der Waals surface area contributed by atoms with E-state index in [0.717, 1.165) is 26.1 Å². The maximum Gasteiger partial charge on any atom is 0.0366 e. The van der Waals surface area contributed by atoms with Gasteiger partial charge in [0.1, 0.15) is 0 Å². The minimum atomic E-state index is 0.385. The summed E-state index contributed by atoms with van der Waals surface area (Å²) in [5.74, 6) is 0. The largest absolute Gasteiger partial charge is 0.371 e. The second-order valence-electron chi connectivity index (χ2n) is 5.78. The normalized spacial score (nSPS) is 11.5. The molecule has 2 heteroatoms. The lowest BCUT2D eigenvalue weighted by molar-refractivity contribution is 0.378. The smallest absolute Gasteiger partial charge is 0.0366 e. The summed E-state index contributed by atoms with van der Waals surface area (Å²) in [6, 6.07) is 10.6. The van der Waals surface area contributed by atoms with Crippen LogP contribution in [-0.2, 0) is 0 Å². The number of para-hydroxylation sites is 1. The van der Waals surface area contributed by atoms with E-state index in [9.17, 15) is 0 Å². The van der Waals surface area contributed by atoms with E-state index in [-0.39, 0.29) is 0 Å². The lowest BCUT2D eigenvalue weighted by Gasteiger charge is -2.28. The summed E-state index contributed by atoms with van der Waals surface area (Å²) >= 11 is 0. The fraction of sp³-hybridized carbons (Fsp3) is 0.600. The minimum absolute atomic E-state index is 0.385. The Kier molecular flexibility index (Phi) is 5.49. The van der Waals surface area contributed by atoms with Gasteiger partial charge in [0.25, 0.3) is 0 Å². The quantitative estimate of drug-likeness (QED) is 0.818. The van der Waals surface area contributed by atoms with Crippen molar-refractivity contribution in [3.8, 4) is 0 Å². The molecule has 17 heavy (non-hydrogen) atoms. The number of hydrogen-bond acceptors (Lipinski definition) is 2. The third kappa shape index (κ3) is 5.73. The van der Waals surface area contributed by atoms with Crippen LogP contribution >= 0.6 is 0 Å². The van der Waals surface area contributed by atoms with Crippen LogP contribution < -0.4 is 10.6 Å². The lowest BCUT2D eigenvalue weighted by Crippen LogP contribution is -2.29. The highest BCUT2D eigenvalue weighted by Gasteiger charge is 2.13. The van der Waals surface area contributed by atoms with Crippen LogP contribution in [0.4, 0.5) is 5.69 Å². The molecule has 0 aliphatic rings. The molecule has 0 saturated heterocycles. The summed E-state index contributed by atoms with van der Waals surface area (Å²) in [4.78, 5) is 2.44.